The first-order valence-electron chi connectivity index (χ1n) is 12.8. The molecule has 0 aliphatic rings. The van der Waals surface area contributed by atoms with Crippen molar-refractivity contribution in [3.05, 3.63) is 138 Å². The van der Waals surface area contributed by atoms with Crippen molar-refractivity contribution in [3.63, 3.8) is 0 Å². The van der Waals surface area contributed by atoms with E-state index < -0.39 is 19.7 Å². The molecule has 6 nitrogen and oxygen atoms in total. The van der Waals surface area contributed by atoms with Gasteiger partial charge in [0.05, 0.1) is 26.7 Å². The van der Waals surface area contributed by atoms with Gasteiger partial charge in [-0.15, -0.1) is 0 Å². The van der Waals surface area contributed by atoms with Crippen molar-refractivity contribution in [1.82, 2.24) is 0 Å². The van der Waals surface area contributed by atoms with Gasteiger partial charge in [0.25, 0.3) is 0 Å². The number of benzene rings is 5. The van der Waals surface area contributed by atoms with E-state index in [4.69, 9.17) is 9.47 Å². The van der Waals surface area contributed by atoms with Crippen LogP contribution in [0.2, 0.25) is 0 Å². The van der Waals surface area contributed by atoms with Crippen LogP contribution in [0.25, 0.3) is 0 Å². The third kappa shape index (κ3) is 6.34. The van der Waals surface area contributed by atoms with Gasteiger partial charge in [0.15, 0.2) is 0 Å². The lowest BCUT2D eigenvalue weighted by Crippen LogP contribution is -2.05. The number of ether oxygens (including phenoxy) is 2. The Morgan fingerprint density at radius 1 is 0.463 bits per heavy atom. The number of rotatable bonds is 9. The Morgan fingerprint density at radius 3 is 1.17 bits per heavy atom. The molecule has 0 amide bonds. The standard InChI is InChI=1S/C33H28O6S2/c1-24-3-15-30(16-4-24)40(34,35)32-19-21-33(22-20-32)41(36,37)31-17-13-29(14-18-31)39-28-11-7-26(8-12-28)23-25-5-9-27(38-2)10-6-25/h3-22H,23H2,1-2H3. The summed E-state index contributed by atoms with van der Waals surface area (Å²) >= 11 is 0. The van der Waals surface area contributed by atoms with Gasteiger partial charge in [0, 0.05) is 0 Å². The highest BCUT2D eigenvalue weighted by Gasteiger charge is 2.21. The highest BCUT2D eigenvalue weighted by molar-refractivity contribution is 7.92. The monoisotopic (exact) mass is 584 g/mol. The third-order valence-electron chi connectivity index (χ3n) is 6.64. The summed E-state index contributed by atoms with van der Waals surface area (Å²) in [6, 6.07) is 33.5. The topological polar surface area (TPSA) is 86.7 Å². The average molecular weight is 585 g/mol. The molecule has 0 unspecified atom stereocenters. The smallest absolute Gasteiger partial charge is 0.206 e. The van der Waals surface area contributed by atoms with Gasteiger partial charge in [-0.05, 0) is 109 Å². The Bertz CT molecular complexity index is 1840. The summed E-state index contributed by atoms with van der Waals surface area (Å²) in [6.45, 7) is 1.87. The van der Waals surface area contributed by atoms with Gasteiger partial charge in [0.1, 0.15) is 17.2 Å². The molecule has 0 fully saturated rings. The number of hydrogen-bond donors (Lipinski definition) is 0. The van der Waals surface area contributed by atoms with Gasteiger partial charge in [0.2, 0.25) is 19.7 Å². The van der Waals surface area contributed by atoms with E-state index in [1.54, 1.807) is 31.4 Å². The first kappa shape index (κ1) is 28.1. The van der Waals surface area contributed by atoms with Crippen LogP contribution in [0.4, 0.5) is 0 Å². The zero-order valence-electron chi connectivity index (χ0n) is 22.5. The van der Waals surface area contributed by atoms with Gasteiger partial charge in [-0.2, -0.15) is 0 Å². The lowest BCUT2D eigenvalue weighted by Gasteiger charge is -2.10. The van der Waals surface area contributed by atoms with E-state index in [9.17, 15) is 16.8 Å². The van der Waals surface area contributed by atoms with Gasteiger partial charge < -0.3 is 9.47 Å². The van der Waals surface area contributed by atoms with Crippen LogP contribution in [0.5, 0.6) is 17.2 Å². The molecule has 5 rings (SSSR count). The van der Waals surface area contributed by atoms with Gasteiger partial charge >= 0.3 is 0 Å². The van der Waals surface area contributed by atoms with E-state index in [0.717, 1.165) is 23.3 Å². The molecule has 0 aliphatic heterocycles. The zero-order chi connectivity index (χ0) is 29.0. The molecule has 0 aromatic heterocycles. The molecular formula is C33H28O6S2. The fraction of sp³-hybridized carbons (Fsp3) is 0.0909. The largest absolute Gasteiger partial charge is 0.497 e. The van der Waals surface area contributed by atoms with E-state index in [-0.39, 0.29) is 19.6 Å². The van der Waals surface area contributed by atoms with E-state index in [1.165, 1.54) is 54.1 Å². The maximum atomic E-state index is 13.2. The Morgan fingerprint density at radius 2 is 0.780 bits per heavy atom. The number of aryl methyl sites for hydroxylation is 1. The summed E-state index contributed by atoms with van der Waals surface area (Å²) in [5.74, 6) is 1.94. The summed E-state index contributed by atoms with van der Waals surface area (Å²) in [7, 11) is -5.97. The van der Waals surface area contributed by atoms with Gasteiger partial charge in [-0.25, -0.2) is 16.8 Å². The van der Waals surface area contributed by atoms with Crippen molar-refractivity contribution in [1.29, 1.82) is 0 Å². The molecule has 0 spiro atoms. The molecule has 0 atom stereocenters. The van der Waals surface area contributed by atoms with Crippen LogP contribution in [0, 0.1) is 6.92 Å². The number of sulfone groups is 2. The Kier molecular flexibility index (Phi) is 7.97. The van der Waals surface area contributed by atoms with E-state index in [0.29, 0.717) is 11.5 Å². The maximum absolute atomic E-state index is 13.2. The second kappa shape index (κ2) is 11.6. The first-order chi connectivity index (χ1) is 19.6. The summed E-state index contributed by atoms with van der Waals surface area (Å²) < 4.78 is 63.3. The molecule has 8 heteroatoms. The SMILES string of the molecule is COc1ccc(Cc2ccc(Oc3ccc(S(=O)(=O)c4ccc(S(=O)(=O)c5ccc(C)cc5)cc4)cc3)cc2)cc1. The Hall–Kier alpha value is -4.40. The third-order valence-corrected chi connectivity index (χ3v) is 10.2. The molecule has 0 N–H and O–H groups in total. The number of hydrogen-bond acceptors (Lipinski definition) is 6. The summed E-state index contributed by atoms with van der Waals surface area (Å²) in [5.41, 5.74) is 3.24. The molecule has 0 saturated heterocycles. The van der Waals surface area contributed by atoms with Crippen molar-refractivity contribution < 1.29 is 26.3 Å². The van der Waals surface area contributed by atoms with E-state index >= 15 is 0 Å². The molecule has 0 aliphatic carbocycles. The molecule has 5 aromatic carbocycles. The Labute approximate surface area is 240 Å². The first-order valence-corrected chi connectivity index (χ1v) is 15.8. The van der Waals surface area contributed by atoms with Gasteiger partial charge in [-0.3, -0.25) is 0 Å². The van der Waals surface area contributed by atoms with Crippen molar-refractivity contribution in [2.75, 3.05) is 7.11 Å². The van der Waals surface area contributed by atoms with Crippen LogP contribution in [0.15, 0.2) is 141 Å². The summed E-state index contributed by atoms with van der Waals surface area (Å²) in [4.78, 5) is 0.260. The summed E-state index contributed by atoms with van der Waals surface area (Å²) in [6.07, 6.45) is 0.774. The highest BCUT2D eigenvalue weighted by Crippen LogP contribution is 2.28. The van der Waals surface area contributed by atoms with Crippen molar-refractivity contribution in [2.24, 2.45) is 0 Å². The van der Waals surface area contributed by atoms with E-state index in [1.807, 2.05) is 55.5 Å². The summed E-state index contributed by atoms with van der Waals surface area (Å²) in [5, 5.41) is 0. The van der Waals surface area contributed by atoms with E-state index in [2.05, 4.69) is 0 Å². The second-order valence-electron chi connectivity index (χ2n) is 9.53. The van der Waals surface area contributed by atoms with Gasteiger partial charge in [-0.1, -0.05) is 42.0 Å². The predicted octanol–water partition coefficient (Wildman–Crippen LogP) is 7.05. The van der Waals surface area contributed by atoms with Crippen LogP contribution in [-0.2, 0) is 26.1 Å². The minimum Gasteiger partial charge on any atom is -0.497 e. The second-order valence-corrected chi connectivity index (χ2v) is 13.4. The molecule has 5 aromatic rings. The molecule has 0 bridgehead atoms. The zero-order valence-corrected chi connectivity index (χ0v) is 24.2. The Balaban J connectivity index is 1.25. The van der Waals surface area contributed by atoms with Crippen molar-refractivity contribution in [2.45, 2.75) is 32.9 Å². The minimum absolute atomic E-state index is 0.00136. The van der Waals surface area contributed by atoms with Crippen LogP contribution < -0.4 is 9.47 Å². The molecule has 0 heterocycles. The molecule has 0 saturated carbocycles. The number of methoxy groups -OCH3 is 1. The lowest BCUT2D eigenvalue weighted by atomic mass is 10.0. The molecule has 0 radical (unpaired) electrons. The fourth-order valence-electron chi connectivity index (χ4n) is 4.26. The quantitative estimate of drug-likeness (QED) is 0.185. The molecule has 41 heavy (non-hydrogen) atoms. The normalized spacial score (nSPS) is 11.7. The fourth-order valence-corrected chi connectivity index (χ4v) is 6.79. The molecule has 208 valence electrons. The molecular weight excluding hydrogens is 556 g/mol. The van der Waals surface area contributed by atoms with Crippen molar-refractivity contribution in [3.8, 4) is 17.2 Å². The predicted molar refractivity (Wildman–Crippen MR) is 157 cm³/mol. The lowest BCUT2D eigenvalue weighted by molar-refractivity contribution is 0.414. The highest BCUT2D eigenvalue weighted by atomic mass is 32.2. The van der Waals surface area contributed by atoms with Crippen molar-refractivity contribution >= 4 is 19.7 Å². The van der Waals surface area contributed by atoms with Crippen LogP contribution >= 0.6 is 0 Å². The van der Waals surface area contributed by atoms with Crippen LogP contribution in [0.1, 0.15) is 16.7 Å². The maximum Gasteiger partial charge on any atom is 0.206 e. The average Bonchev–Trinajstić information content (AvgIpc) is 2.99. The minimum atomic E-state index is -3.86. The van der Waals surface area contributed by atoms with Crippen LogP contribution in [-0.4, -0.2) is 23.9 Å². The van der Waals surface area contributed by atoms with Crippen LogP contribution in [0.3, 0.4) is 0 Å².